The summed E-state index contributed by atoms with van der Waals surface area (Å²) < 4.78 is 5.64. The van der Waals surface area contributed by atoms with E-state index in [2.05, 4.69) is 41.5 Å². The van der Waals surface area contributed by atoms with Crippen LogP contribution in [-0.4, -0.2) is 4.98 Å². The molecule has 3 nitrogen and oxygen atoms in total. The SMILES string of the molecule is Cc1ccc(C(C)NCc2cccc3cccnc23)o1. The number of benzene rings is 1. The molecule has 2 heterocycles. The Bertz CT molecular complexity index is 712. The lowest BCUT2D eigenvalue weighted by Gasteiger charge is -2.12. The summed E-state index contributed by atoms with van der Waals surface area (Å²) in [6.45, 7) is 4.84. The van der Waals surface area contributed by atoms with Crippen LogP contribution in [0, 0.1) is 6.92 Å². The summed E-state index contributed by atoms with van der Waals surface area (Å²) in [7, 11) is 0. The molecule has 1 N–H and O–H groups in total. The van der Waals surface area contributed by atoms with Gasteiger partial charge in [-0.25, -0.2) is 0 Å². The van der Waals surface area contributed by atoms with E-state index < -0.39 is 0 Å². The highest BCUT2D eigenvalue weighted by Gasteiger charge is 2.09. The van der Waals surface area contributed by atoms with Gasteiger partial charge in [-0.15, -0.1) is 0 Å². The third-order valence-electron chi connectivity index (χ3n) is 3.50. The van der Waals surface area contributed by atoms with Crippen molar-refractivity contribution in [1.82, 2.24) is 10.3 Å². The molecule has 0 radical (unpaired) electrons. The molecule has 0 fully saturated rings. The fourth-order valence-electron chi connectivity index (χ4n) is 2.36. The van der Waals surface area contributed by atoms with Crippen molar-refractivity contribution < 1.29 is 4.42 Å². The highest BCUT2D eigenvalue weighted by Crippen LogP contribution is 2.19. The van der Waals surface area contributed by atoms with Crippen molar-refractivity contribution in [3.63, 3.8) is 0 Å². The zero-order valence-corrected chi connectivity index (χ0v) is 11.8. The zero-order valence-electron chi connectivity index (χ0n) is 11.8. The van der Waals surface area contributed by atoms with Gasteiger partial charge in [-0.3, -0.25) is 4.98 Å². The van der Waals surface area contributed by atoms with E-state index in [4.69, 9.17) is 4.42 Å². The fraction of sp³-hybridized carbons (Fsp3) is 0.235. The summed E-state index contributed by atoms with van der Waals surface area (Å²) in [4.78, 5) is 4.47. The highest BCUT2D eigenvalue weighted by molar-refractivity contribution is 5.81. The van der Waals surface area contributed by atoms with Crippen LogP contribution in [0.2, 0.25) is 0 Å². The number of rotatable bonds is 4. The number of nitrogens with one attached hydrogen (secondary N) is 1. The summed E-state index contributed by atoms with van der Waals surface area (Å²) in [6.07, 6.45) is 1.84. The predicted octanol–water partition coefficient (Wildman–Crippen LogP) is 3.99. The molecule has 2 aromatic heterocycles. The molecule has 0 saturated heterocycles. The third-order valence-corrected chi connectivity index (χ3v) is 3.50. The van der Waals surface area contributed by atoms with Gasteiger partial charge in [0.15, 0.2) is 0 Å². The molecule has 1 atom stereocenters. The number of aryl methyl sites for hydroxylation is 1. The third kappa shape index (κ3) is 2.58. The van der Waals surface area contributed by atoms with Gasteiger partial charge in [0.1, 0.15) is 11.5 Å². The van der Waals surface area contributed by atoms with E-state index in [-0.39, 0.29) is 6.04 Å². The number of furan rings is 1. The number of aromatic nitrogens is 1. The minimum atomic E-state index is 0.183. The van der Waals surface area contributed by atoms with Crippen molar-refractivity contribution >= 4 is 10.9 Å². The Balaban J connectivity index is 1.77. The Hall–Kier alpha value is -2.13. The van der Waals surface area contributed by atoms with Crippen LogP contribution >= 0.6 is 0 Å². The number of hydrogen-bond donors (Lipinski definition) is 1. The Morgan fingerprint density at radius 3 is 2.80 bits per heavy atom. The van der Waals surface area contributed by atoms with Crippen molar-refractivity contribution in [2.24, 2.45) is 0 Å². The Morgan fingerprint density at radius 1 is 1.15 bits per heavy atom. The van der Waals surface area contributed by atoms with E-state index >= 15 is 0 Å². The molecule has 0 amide bonds. The number of nitrogens with zero attached hydrogens (tertiary/aromatic N) is 1. The Labute approximate surface area is 118 Å². The molecule has 1 unspecified atom stereocenters. The van der Waals surface area contributed by atoms with Gasteiger partial charge in [0, 0.05) is 18.1 Å². The summed E-state index contributed by atoms with van der Waals surface area (Å²) in [6, 6.07) is 14.5. The Morgan fingerprint density at radius 2 is 2.00 bits per heavy atom. The molecule has 3 heteroatoms. The predicted molar refractivity (Wildman–Crippen MR) is 80.4 cm³/mol. The normalized spacial score (nSPS) is 12.7. The molecule has 0 bridgehead atoms. The van der Waals surface area contributed by atoms with Crippen molar-refractivity contribution in [3.05, 3.63) is 65.7 Å². The van der Waals surface area contributed by atoms with Crippen LogP contribution in [0.5, 0.6) is 0 Å². The van der Waals surface area contributed by atoms with Gasteiger partial charge in [-0.2, -0.15) is 0 Å². The molecule has 0 spiro atoms. The van der Waals surface area contributed by atoms with E-state index in [1.54, 1.807) is 0 Å². The molecule has 3 rings (SSSR count). The monoisotopic (exact) mass is 266 g/mol. The summed E-state index contributed by atoms with van der Waals surface area (Å²) in [5.41, 5.74) is 2.27. The van der Waals surface area contributed by atoms with Crippen LogP contribution in [0.1, 0.15) is 30.0 Å². The van der Waals surface area contributed by atoms with Gasteiger partial charge in [-0.1, -0.05) is 24.3 Å². The maximum absolute atomic E-state index is 5.64. The second-order valence-corrected chi connectivity index (χ2v) is 5.04. The quantitative estimate of drug-likeness (QED) is 0.776. The van der Waals surface area contributed by atoms with Crippen molar-refractivity contribution in [3.8, 4) is 0 Å². The average molecular weight is 266 g/mol. The lowest BCUT2D eigenvalue weighted by atomic mass is 10.1. The summed E-state index contributed by atoms with van der Waals surface area (Å²) in [5.74, 6) is 1.91. The van der Waals surface area contributed by atoms with Crippen molar-refractivity contribution in [1.29, 1.82) is 0 Å². The molecule has 20 heavy (non-hydrogen) atoms. The zero-order chi connectivity index (χ0) is 13.9. The van der Waals surface area contributed by atoms with Crippen molar-refractivity contribution in [2.75, 3.05) is 0 Å². The molecule has 0 aliphatic carbocycles. The van der Waals surface area contributed by atoms with Gasteiger partial charge >= 0.3 is 0 Å². The standard InChI is InChI=1S/C17H18N2O/c1-12-8-9-16(20-12)13(2)19-11-15-6-3-5-14-7-4-10-18-17(14)15/h3-10,13,19H,11H2,1-2H3. The number of para-hydroxylation sites is 1. The van der Waals surface area contributed by atoms with E-state index in [0.29, 0.717) is 0 Å². The lowest BCUT2D eigenvalue weighted by Crippen LogP contribution is -2.17. The smallest absolute Gasteiger partial charge is 0.120 e. The van der Waals surface area contributed by atoms with E-state index in [1.807, 2.05) is 31.3 Å². The number of pyridine rings is 1. The molecule has 3 aromatic rings. The first-order valence-corrected chi connectivity index (χ1v) is 6.86. The van der Waals surface area contributed by atoms with Crippen LogP contribution < -0.4 is 5.32 Å². The molecule has 0 saturated carbocycles. The number of hydrogen-bond acceptors (Lipinski definition) is 3. The molecular formula is C17H18N2O. The number of fused-ring (bicyclic) bond motifs is 1. The van der Waals surface area contributed by atoms with Gasteiger partial charge in [0.25, 0.3) is 0 Å². The first kappa shape index (κ1) is 12.9. The van der Waals surface area contributed by atoms with Gasteiger partial charge < -0.3 is 9.73 Å². The summed E-state index contributed by atoms with van der Waals surface area (Å²) in [5, 5.41) is 4.66. The molecule has 0 aliphatic rings. The topological polar surface area (TPSA) is 38.1 Å². The average Bonchev–Trinajstić information content (AvgIpc) is 2.91. The second kappa shape index (κ2) is 5.47. The van der Waals surface area contributed by atoms with Crippen LogP contribution in [0.4, 0.5) is 0 Å². The highest BCUT2D eigenvalue weighted by atomic mass is 16.3. The maximum atomic E-state index is 5.64. The van der Waals surface area contributed by atoms with Crippen molar-refractivity contribution in [2.45, 2.75) is 26.4 Å². The van der Waals surface area contributed by atoms with Crippen LogP contribution in [0.25, 0.3) is 10.9 Å². The molecule has 1 aromatic carbocycles. The largest absolute Gasteiger partial charge is 0.465 e. The Kier molecular flexibility index (Phi) is 3.52. The first-order chi connectivity index (χ1) is 9.74. The van der Waals surface area contributed by atoms with E-state index in [0.717, 1.165) is 23.6 Å². The lowest BCUT2D eigenvalue weighted by molar-refractivity contribution is 0.416. The molecule has 0 aliphatic heterocycles. The second-order valence-electron chi connectivity index (χ2n) is 5.04. The van der Waals surface area contributed by atoms with Gasteiger partial charge in [0.05, 0.1) is 11.6 Å². The fourth-order valence-corrected chi connectivity index (χ4v) is 2.36. The minimum Gasteiger partial charge on any atom is -0.465 e. The van der Waals surface area contributed by atoms with E-state index in [9.17, 15) is 0 Å². The van der Waals surface area contributed by atoms with Crippen LogP contribution in [0.15, 0.2) is 53.1 Å². The minimum absolute atomic E-state index is 0.183. The van der Waals surface area contributed by atoms with Crippen LogP contribution in [0.3, 0.4) is 0 Å². The van der Waals surface area contributed by atoms with Gasteiger partial charge in [0.2, 0.25) is 0 Å². The van der Waals surface area contributed by atoms with Crippen LogP contribution in [-0.2, 0) is 6.54 Å². The summed E-state index contributed by atoms with van der Waals surface area (Å²) >= 11 is 0. The maximum Gasteiger partial charge on any atom is 0.120 e. The van der Waals surface area contributed by atoms with E-state index in [1.165, 1.54) is 10.9 Å². The van der Waals surface area contributed by atoms with Gasteiger partial charge in [-0.05, 0) is 37.6 Å². The molecule has 102 valence electrons. The molecular weight excluding hydrogens is 248 g/mol. The first-order valence-electron chi connectivity index (χ1n) is 6.86.